The highest BCUT2D eigenvalue weighted by atomic mass is 35.5. The molecule has 1 saturated heterocycles. The van der Waals surface area contributed by atoms with Crippen LogP contribution in [0.3, 0.4) is 0 Å². The molecule has 1 aliphatic rings. The number of nitrogens with one attached hydrogen (secondary N) is 2. The molecular weight excluding hydrogens is 604 g/mol. The van der Waals surface area contributed by atoms with Gasteiger partial charge in [0.15, 0.2) is 18.1 Å². The molecule has 43 heavy (non-hydrogen) atoms. The van der Waals surface area contributed by atoms with Crippen LogP contribution in [0, 0.1) is 10.1 Å². The van der Waals surface area contributed by atoms with Crippen LogP contribution in [0.5, 0.6) is 17.2 Å². The number of nitro benzene ring substituents is 1. The molecule has 4 rings (SSSR count). The summed E-state index contributed by atoms with van der Waals surface area (Å²) < 4.78 is 16.0. The number of carbonyl (C=O) groups is 4. The molecule has 0 atom stereocenters. The lowest BCUT2D eigenvalue weighted by molar-refractivity contribution is -0.384. The fourth-order valence-corrected chi connectivity index (χ4v) is 4.90. The number of rotatable bonds is 11. The van der Waals surface area contributed by atoms with E-state index in [0.29, 0.717) is 28.8 Å². The zero-order valence-electron chi connectivity index (χ0n) is 22.6. The first-order valence-electron chi connectivity index (χ1n) is 12.3. The highest BCUT2D eigenvalue weighted by Gasteiger charge is 2.36. The minimum Gasteiger partial charge on any atom is -0.495 e. The number of hydrogen-bond acceptors (Lipinski definition) is 10. The number of anilines is 2. The molecule has 13 nitrogen and oxygen atoms in total. The van der Waals surface area contributed by atoms with E-state index in [-0.39, 0.29) is 32.8 Å². The number of thioether (sulfide) groups is 1. The van der Waals surface area contributed by atoms with E-state index in [0.717, 1.165) is 4.90 Å². The SMILES string of the molecule is COc1ccc(NC(=O)CN2C(=O)S/C(=C\c3ccc(OCC(=O)Nc4cccc([N+](=O)[O-])c4)c(OC)c3)C2=O)cc1Cl. The van der Waals surface area contributed by atoms with E-state index in [4.69, 9.17) is 25.8 Å². The zero-order chi connectivity index (χ0) is 31.1. The number of amides is 4. The lowest BCUT2D eigenvalue weighted by atomic mass is 10.2. The van der Waals surface area contributed by atoms with Crippen LogP contribution in [0.2, 0.25) is 5.02 Å². The van der Waals surface area contributed by atoms with Gasteiger partial charge < -0.3 is 24.8 Å². The van der Waals surface area contributed by atoms with Gasteiger partial charge in [-0.1, -0.05) is 23.7 Å². The van der Waals surface area contributed by atoms with Crippen LogP contribution in [0.4, 0.5) is 21.9 Å². The van der Waals surface area contributed by atoms with E-state index in [1.165, 1.54) is 56.7 Å². The average molecular weight is 627 g/mol. The molecular formula is C28H23ClN4O9S. The van der Waals surface area contributed by atoms with Gasteiger partial charge in [0.05, 0.1) is 29.1 Å². The number of carbonyl (C=O) groups excluding carboxylic acids is 4. The maximum atomic E-state index is 12.9. The number of nitrogens with zero attached hydrogens (tertiary/aromatic N) is 2. The van der Waals surface area contributed by atoms with Gasteiger partial charge in [-0.05, 0) is 59.8 Å². The van der Waals surface area contributed by atoms with Gasteiger partial charge in [0.25, 0.3) is 22.7 Å². The van der Waals surface area contributed by atoms with E-state index in [1.54, 1.807) is 24.3 Å². The van der Waals surface area contributed by atoms with Crippen molar-refractivity contribution in [2.45, 2.75) is 0 Å². The molecule has 3 aromatic carbocycles. The molecule has 1 heterocycles. The van der Waals surface area contributed by atoms with E-state index >= 15 is 0 Å². The number of nitro groups is 1. The van der Waals surface area contributed by atoms with Crippen LogP contribution in [0.25, 0.3) is 6.08 Å². The van der Waals surface area contributed by atoms with Gasteiger partial charge in [-0.2, -0.15) is 0 Å². The Morgan fingerprint density at radius 2 is 1.65 bits per heavy atom. The summed E-state index contributed by atoms with van der Waals surface area (Å²) in [5.41, 5.74) is 0.931. The number of ether oxygens (including phenoxy) is 3. The third kappa shape index (κ3) is 7.81. The van der Waals surface area contributed by atoms with Crippen molar-refractivity contribution < 1.29 is 38.3 Å². The van der Waals surface area contributed by atoms with Gasteiger partial charge in [-0.15, -0.1) is 0 Å². The summed E-state index contributed by atoms with van der Waals surface area (Å²) in [5.74, 6) is -0.904. The quantitative estimate of drug-likeness (QED) is 0.169. The van der Waals surface area contributed by atoms with Crippen molar-refractivity contribution in [1.82, 2.24) is 4.90 Å². The van der Waals surface area contributed by atoms with Crippen molar-refractivity contribution in [1.29, 1.82) is 0 Å². The van der Waals surface area contributed by atoms with Crippen LogP contribution >= 0.6 is 23.4 Å². The van der Waals surface area contributed by atoms with Crippen LogP contribution in [0.15, 0.2) is 65.6 Å². The van der Waals surface area contributed by atoms with Crippen molar-refractivity contribution in [2.24, 2.45) is 0 Å². The van der Waals surface area contributed by atoms with Gasteiger partial charge in [0.2, 0.25) is 5.91 Å². The van der Waals surface area contributed by atoms with Crippen molar-refractivity contribution in [2.75, 3.05) is 38.0 Å². The second kappa shape index (κ2) is 13.7. The Kier molecular flexibility index (Phi) is 9.85. The Morgan fingerprint density at radius 1 is 0.953 bits per heavy atom. The number of benzene rings is 3. The molecule has 2 N–H and O–H groups in total. The Hall–Kier alpha value is -5.08. The molecule has 3 aromatic rings. The number of non-ortho nitro benzene ring substituents is 1. The molecule has 222 valence electrons. The predicted octanol–water partition coefficient (Wildman–Crippen LogP) is 4.96. The largest absolute Gasteiger partial charge is 0.495 e. The highest BCUT2D eigenvalue weighted by Crippen LogP contribution is 2.35. The van der Waals surface area contributed by atoms with E-state index in [9.17, 15) is 29.3 Å². The van der Waals surface area contributed by atoms with Gasteiger partial charge in [-0.3, -0.25) is 34.2 Å². The Morgan fingerprint density at radius 3 is 2.35 bits per heavy atom. The Bertz CT molecular complexity index is 1650. The molecule has 0 aromatic heterocycles. The van der Waals surface area contributed by atoms with Crippen LogP contribution in [-0.2, 0) is 14.4 Å². The van der Waals surface area contributed by atoms with Gasteiger partial charge >= 0.3 is 0 Å². The van der Waals surface area contributed by atoms with E-state index < -0.39 is 41.0 Å². The topological polar surface area (TPSA) is 166 Å². The smallest absolute Gasteiger partial charge is 0.294 e. The Balaban J connectivity index is 1.37. The monoisotopic (exact) mass is 626 g/mol. The standard InChI is InChI=1S/C28H23ClN4O9S/c1-40-21-9-7-18(13-20(21)29)30-25(34)14-32-27(36)24(43-28(32)37)11-16-6-8-22(23(10-16)41-2)42-15-26(35)31-17-4-3-5-19(12-17)33(38)39/h3-13H,14-15H2,1-2H3,(H,30,34)(H,31,35)/b24-11-. The van der Waals surface area contributed by atoms with Crippen molar-refractivity contribution in [3.05, 3.63) is 86.3 Å². The van der Waals surface area contributed by atoms with Crippen LogP contribution in [-0.4, -0.2) is 60.2 Å². The molecule has 0 saturated carbocycles. The second-order valence-electron chi connectivity index (χ2n) is 8.72. The first kappa shape index (κ1) is 30.9. The number of imide groups is 1. The maximum Gasteiger partial charge on any atom is 0.294 e. The molecule has 0 unspecified atom stereocenters. The zero-order valence-corrected chi connectivity index (χ0v) is 24.2. The molecule has 15 heteroatoms. The summed E-state index contributed by atoms with van der Waals surface area (Å²) >= 11 is 6.75. The van der Waals surface area contributed by atoms with Crippen LogP contribution < -0.4 is 24.8 Å². The van der Waals surface area contributed by atoms with Crippen molar-refractivity contribution in [3.63, 3.8) is 0 Å². The van der Waals surface area contributed by atoms with Crippen molar-refractivity contribution in [3.8, 4) is 17.2 Å². The molecule has 4 amide bonds. The minimum absolute atomic E-state index is 0.0948. The van der Waals surface area contributed by atoms with Gasteiger partial charge in [0, 0.05) is 23.5 Å². The minimum atomic E-state index is -0.643. The van der Waals surface area contributed by atoms with Gasteiger partial charge in [-0.25, -0.2) is 0 Å². The third-order valence-corrected chi connectivity index (χ3v) is 7.00. The van der Waals surface area contributed by atoms with Gasteiger partial charge in [0.1, 0.15) is 12.3 Å². The lowest BCUT2D eigenvalue weighted by Crippen LogP contribution is -2.36. The summed E-state index contributed by atoms with van der Waals surface area (Å²) in [5, 5.41) is 15.7. The van der Waals surface area contributed by atoms with Crippen LogP contribution in [0.1, 0.15) is 5.56 Å². The fourth-order valence-electron chi connectivity index (χ4n) is 3.81. The maximum absolute atomic E-state index is 12.9. The normalized spacial score (nSPS) is 13.6. The first-order valence-corrected chi connectivity index (χ1v) is 13.5. The predicted molar refractivity (Wildman–Crippen MR) is 160 cm³/mol. The number of methoxy groups -OCH3 is 2. The summed E-state index contributed by atoms with van der Waals surface area (Å²) in [6.45, 7) is -0.914. The Labute approximate surface area is 253 Å². The third-order valence-electron chi connectivity index (χ3n) is 5.80. The summed E-state index contributed by atoms with van der Waals surface area (Å²) in [4.78, 5) is 61.5. The molecule has 0 bridgehead atoms. The number of hydrogen-bond donors (Lipinski definition) is 2. The number of halogens is 1. The molecule has 1 aliphatic heterocycles. The van der Waals surface area contributed by atoms with Crippen molar-refractivity contribution >= 4 is 69.5 Å². The molecule has 0 aliphatic carbocycles. The molecule has 0 spiro atoms. The summed E-state index contributed by atoms with van der Waals surface area (Å²) in [7, 11) is 2.84. The van der Waals surface area contributed by atoms with E-state index in [2.05, 4.69) is 10.6 Å². The highest BCUT2D eigenvalue weighted by molar-refractivity contribution is 8.18. The molecule has 0 radical (unpaired) electrons. The lowest BCUT2D eigenvalue weighted by Gasteiger charge is -2.13. The average Bonchev–Trinajstić information content (AvgIpc) is 3.23. The first-order chi connectivity index (χ1) is 20.6. The van der Waals surface area contributed by atoms with E-state index in [1.807, 2.05) is 0 Å². The second-order valence-corrected chi connectivity index (χ2v) is 10.1. The fraction of sp³-hybridized carbons (Fsp3) is 0.143. The summed E-state index contributed by atoms with van der Waals surface area (Å²) in [6.07, 6.45) is 1.47. The summed E-state index contributed by atoms with van der Waals surface area (Å²) in [6, 6.07) is 14.7. The molecule has 1 fully saturated rings.